The fourth-order valence-electron chi connectivity index (χ4n) is 10.2. The molecule has 11 rings (SSSR count). The number of benzene rings is 3. The topological polar surface area (TPSA) is 301 Å². The number of carbonyl (C=O) groups excluding carboxylic acids is 2. The number of rotatable bonds is 13. The van der Waals surface area contributed by atoms with E-state index in [1.807, 2.05) is 18.7 Å². The SMILES string of the molecule is CC1(C)O[C@@H]2[C@H](O1)C(CO)O[C@H]2N1C=C(C(N)=O)CCC1.CC1(C)O[C@@H]2[C@H](O1)C(COP1(=O)OCCC(c3cc(F)cc(F)c3)O1)O[C@H]2N1C=CCC(C(N)=O)=C1.O=[N+]([O-])c1ccc(OP2(=O)OCCC(c3cc(F)cc(F)c3)O2)cc1. The molecule has 0 aromatic heterocycles. The highest BCUT2D eigenvalue weighted by atomic mass is 31.2. The summed E-state index contributed by atoms with van der Waals surface area (Å²) in [6.07, 6.45) is 3.59. The molecule has 24 nitrogen and oxygen atoms in total. The van der Waals surface area contributed by atoms with Gasteiger partial charge in [-0.3, -0.25) is 42.3 Å². The number of hydrogen-bond acceptors (Lipinski definition) is 21. The molecule has 6 fully saturated rings. The Morgan fingerprint density at radius 3 is 1.79 bits per heavy atom. The van der Waals surface area contributed by atoms with Crippen LogP contribution in [-0.4, -0.2) is 125 Å². The fourth-order valence-corrected chi connectivity index (χ4v) is 13.0. The van der Waals surface area contributed by atoms with Crippen molar-refractivity contribution in [3.8, 4) is 5.75 Å². The van der Waals surface area contributed by atoms with Crippen molar-refractivity contribution >= 4 is 33.1 Å². The summed E-state index contributed by atoms with van der Waals surface area (Å²) in [7, 11) is -8.12. The van der Waals surface area contributed by atoms with Crippen molar-refractivity contribution in [3.05, 3.63) is 141 Å². The maximum Gasteiger partial charge on any atom is 0.530 e. The Labute approximate surface area is 467 Å². The summed E-state index contributed by atoms with van der Waals surface area (Å²) in [5.41, 5.74) is 12.0. The Balaban J connectivity index is 0.000000155. The summed E-state index contributed by atoms with van der Waals surface area (Å²) < 4.78 is 148. The Morgan fingerprint density at radius 1 is 0.732 bits per heavy atom. The number of primary amides is 2. The van der Waals surface area contributed by atoms with Crippen LogP contribution in [0.2, 0.25) is 0 Å². The van der Waals surface area contributed by atoms with Gasteiger partial charge in [0, 0.05) is 73.4 Å². The molecule has 8 heterocycles. The van der Waals surface area contributed by atoms with Crippen molar-refractivity contribution in [2.24, 2.45) is 11.5 Å². The van der Waals surface area contributed by atoms with E-state index >= 15 is 0 Å². The summed E-state index contributed by atoms with van der Waals surface area (Å²) >= 11 is 0. The van der Waals surface area contributed by atoms with Gasteiger partial charge >= 0.3 is 15.6 Å². The first kappa shape index (κ1) is 60.9. The van der Waals surface area contributed by atoms with Crippen LogP contribution in [0.25, 0.3) is 0 Å². The smallest absolute Gasteiger partial charge is 0.404 e. The van der Waals surface area contributed by atoms with Gasteiger partial charge in [-0.05, 0) is 94.5 Å². The van der Waals surface area contributed by atoms with Crippen molar-refractivity contribution < 1.29 is 102 Å². The number of aliphatic hydroxyl groups is 1. The Bertz CT molecular complexity index is 3030. The van der Waals surface area contributed by atoms with Gasteiger partial charge in [0.15, 0.2) is 24.0 Å². The molecule has 12 atom stereocenters. The number of carbonyl (C=O) groups is 2. The van der Waals surface area contributed by atoms with E-state index in [0.29, 0.717) is 24.0 Å². The second-order valence-corrected chi connectivity index (χ2v) is 23.9. The Hall–Kier alpha value is -5.68. The van der Waals surface area contributed by atoms with Crippen LogP contribution in [0.15, 0.2) is 96.5 Å². The molecule has 5 N–H and O–H groups in total. The summed E-state index contributed by atoms with van der Waals surface area (Å²) in [6.45, 7) is 7.60. The highest BCUT2D eigenvalue weighted by Gasteiger charge is 2.58. The molecular formula is C52H61F4N5O19P2. The van der Waals surface area contributed by atoms with E-state index in [0.717, 1.165) is 49.4 Å². The van der Waals surface area contributed by atoms with Crippen LogP contribution in [0.3, 0.4) is 0 Å². The second kappa shape index (κ2) is 24.9. The molecule has 30 heteroatoms. The minimum absolute atomic E-state index is 0.00613. The van der Waals surface area contributed by atoms with Gasteiger partial charge in [-0.15, -0.1) is 0 Å². The van der Waals surface area contributed by atoms with Crippen molar-refractivity contribution in [3.63, 3.8) is 0 Å². The number of non-ortho nitro benzene ring substituents is 1. The molecule has 0 saturated carbocycles. The number of nitrogens with two attached hydrogens (primary N) is 2. The number of ether oxygens (including phenoxy) is 6. The number of amides is 2. The molecule has 8 aliphatic rings. The fraction of sp³-hybridized carbons (Fsp3) is 0.500. The first-order valence-corrected chi connectivity index (χ1v) is 28.9. The molecule has 0 radical (unpaired) electrons. The average molecular weight is 1200 g/mol. The minimum Gasteiger partial charge on any atom is -0.404 e. The van der Waals surface area contributed by atoms with Crippen LogP contribution in [0.5, 0.6) is 5.75 Å². The predicted molar refractivity (Wildman–Crippen MR) is 275 cm³/mol. The summed E-state index contributed by atoms with van der Waals surface area (Å²) in [5.74, 6) is -5.62. The van der Waals surface area contributed by atoms with Crippen LogP contribution in [0.4, 0.5) is 23.2 Å². The highest BCUT2D eigenvalue weighted by Crippen LogP contribution is 2.58. The first-order chi connectivity index (χ1) is 38.8. The number of allylic oxidation sites excluding steroid dienone is 1. The maximum absolute atomic E-state index is 13.7. The molecule has 6 saturated heterocycles. The van der Waals surface area contributed by atoms with Crippen LogP contribution in [0.1, 0.15) is 83.1 Å². The van der Waals surface area contributed by atoms with Gasteiger partial charge in [0.05, 0.1) is 43.6 Å². The number of nitrogens with zero attached hydrogens (tertiary/aromatic N) is 3. The van der Waals surface area contributed by atoms with E-state index in [4.69, 9.17) is 67.0 Å². The summed E-state index contributed by atoms with van der Waals surface area (Å²) in [4.78, 5) is 36.7. The Kier molecular flexibility index (Phi) is 18.5. The number of aliphatic hydroxyl groups excluding tert-OH is 1. The molecule has 3 aromatic carbocycles. The Morgan fingerprint density at radius 2 is 1.24 bits per heavy atom. The van der Waals surface area contributed by atoms with Gasteiger partial charge in [0.25, 0.3) is 5.69 Å². The minimum atomic E-state index is -4.08. The largest absolute Gasteiger partial charge is 0.530 e. The molecule has 6 unspecified atom stereocenters. The van der Waals surface area contributed by atoms with Crippen LogP contribution >= 0.6 is 15.6 Å². The van der Waals surface area contributed by atoms with E-state index in [1.165, 1.54) is 24.3 Å². The molecule has 0 bridgehead atoms. The van der Waals surface area contributed by atoms with E-state index in [2.05, 4.69) is 0 Å². The van der Waals surface area contributed by atoms with Gasteiger partial charge in [-0.2, -0.15) is 0 Å². The van der Waals surface area contributed by atoms with Gasteiger partial charge in [0.1, 0.15) is 65.6 Å². The van der Waals surface area contributed by atoms with E-state index in [9.17, 15) is 51.5 Å². The van der Waals surface area contributed by atoms with Gasteiger partial charge in [-0.1, -0.05) is 6.08 Å². The zero-order chi connectivity index (χ0) is 58.9. The number of phosphoric ester groups is 2. The molecule has 0 spiro atoms. The second-order valence-electron chi connectivity index (χ2n) is 20.7. The predicted octanol–water partition coefficient (Wildman–Crippen LogP) is 7.63. The van der Waals surface area contributed by atoms with E-state index in [1.54, 1.807) is 43.4 Å². The first-order valence-electron chi connectivity index (χ1n) is 26.0. The lowest BCUT2D eigenvalue weighted by molar-refractivity contribution is -0.384. The molecule has 446 valence electrons. The lowest BCUT2D eigenvalue weighted by Crippen LogP contribution is -2.43. The average Bonchev–Trinajstić information content (AvgIpc) is 3.90. The van der Waals surface area contributed by atoms with Gasteiger partial charge < -0.3 is 59.3 Å². The highest BCUT2D eigenvalue weighted by molar-refractivity contribution is 7.49. The zero-order valence-corrected chi connectivity index (χ0v) is 46.4. The molecular weight excluding hydrogens is 1140 g/mol. The summed E-state index contributed by atoms with van der Waals surface area (Å²) in [6, 6.07) is 10.7. The van der Waals surface area contributed by atoms with Crippen molar-refractivity contribution in [2.75, 3.05) is 33.0 Å². The molecule has 8 aliphatic heterocycles. The van der Waals surface area contributed by atoms with E-state index < -0.39 is 110 Å². The third kappa shape index (κ3) is 14.6. The number of hydrogen-bond donors (Lipinski definition) is 3. The van der Waals surface area contributed by atoms with Crippen LogP contribution in [0, 0.1) is 33.4 Å². The molecule has 3 aromatic rings. The number of halogens is 4. The molecule has 0 aliphatic carbocycles. The monoisotopic (exact) mass is 1200 g/mol. The van der Waals surface area contributed by atoms with Crippen LogP contribution < -0.4 is 16.0 Å². The number of phosphoric acid groups is 2. The van der Waals surface area contributed by atoms with Crippen molar-refractivity contribution in [1.82, 2.24) is 9.80 Å². The third-order valence-corrected chi connectivity index (χ3v) is 16.7. The normalized spacial score (nSPS) is 32.5. The van der Waals surface area contributed by atoms with Crippen LogP contribution in [-0.2, 0) is 69.8 Å². The van der Waals surface area contributed by atoms with Gasteiger partial charge in [0.2, 0.25) is 11.8 Å². The van der Waals surface area contributed by atoms with Crippen molar-refractivity contribution in [2.45, 2.75) is 133 Å². The number of nitro groups is 1. The lowest BCUT2D eigenvalue weighted by Gasteiger charge is -2.34. The molecule has 2 amide bonds. The van der Waals surface area contributed by atoms with Gasteiger partial charge in [-0.25, -0.2) is 26.7 Å². The number of fused-ring (bicyclic) bond motifs is 2. The standard InChI is InChI=1S/C23H27F2N2O8P.C15H12F2NO6P.C14H22N2O5/c1-23(2)33-19-18(32-22(20(19)34-23)27-6-3-4-13(11-27)21(26)28)12-31-36(29)30-7-5-17(35-36)14-8-15(24)10-16(25)9-14;16-11-7-10(8-12(17)9-11)15-5-6-22-25(21,24-15)23-14-3-1-13(2-4-14)18(19)20;1-14(2)20-10-9(7-17)19-13(11(10)21-14)16-5-3-4-8(6-16)12(15)18/h3,6,8-11,17-20,22H,4-5,7,12H2,1-2H3,(H2,26,28);1-4,7-9,15H,5-6H2;6,9-11,13,17H,3-5,7H2,1-2H3,(H2,15,18)/t17?,18?,19-,20-,22-,36?;;9?,10-,11-,13-/m1.1/s1. The summed E-state index contributed by atoms with van der Waals surface area (Å²) in [5, 5.41) is 20.1. The third-order valence-electron chi connectivity index (χ3n) is 13.7. The molecule has 82 heavy (non-hydrogen) atoms. The zero-order valence-electron chi connectivity index (χ0n) is 44.6. The lowest BCUT2D eigenvalue weighted by atomic mass is 10.1. The maximum atomic E-state index is 13.7. The van der Waals surface area contributed by atoms with E-state index in [-0.39, 0.29) is 80.3 Å². The van der Waals surface area contributed by atoms with Crippen molar-refractivity contribution in [1.29, 1.82) is 0 Å². The quantitative estimate of drug-likeness (QED) is 0.0641. The number of nitro benzene ring substituents is 1.